The van der Waals surface area contributed by atoms with Gasteiger partial charge in [-0.1, -0.05) is 32.8 Å². The molecule has 1 aromatic carbocycles. The molecule has 1 amide bonds. The summed E-state index contributed by atoms with van der Waals surface area (Å²) in [5.41, 5.74) is 3.32. The molecule has 36 heavy (non-hydrogen) atoms. The summed E-state index contributed by atoms with van der Waals surface area (Å²) >= 11 is 0. The van der Waals surface area contributed by atoms with Crippen LogP contribution in [0.4, 0.5) is 5.82 Å². The minimum atomic E-state index is -0.414. The maximum Gasteiger partial charge on any atom is 0.267 e. The van der Waals surface area contributed by atoms with Crippen molar-refractivity contribution >= 4 is 22.6 Å². The number of H-pyrrole nitrogens is 1. The van der Waals surface area contributed by atoms with Crippen LogP contribution in [0.3, 0.4) is 0 Å². The van der Waals surface area contributed by atoms with Gasteiger partial charge in [-0.05, 0) is 36.8 Å². The third-order valence-corrected chi connectivity index (χ3v) is 5.43. The van der Waals surface area contributed by atoms with E-state index in [1.165, 1.54) is 0 Å². The summed E-state index contributed by atoms with van der Waals surface area (Å²) < 4.78 is 10.7. The monoisotopic (exact) mass is 487 g/mol. The number of allylic oxidation sites excluding steroid dienone is 2. The second-order valence-corrected chi connectivity index (χ2v) is 9.15. The molecule has 3 aromatic rings. The summed E-state index contributed by atoms with van der Waals surface area (Å²) in [7, 11) is 1.64. The maximum atomic E-state index is 13.0. The van der Waals surface area contributed by atoms with E-state index in [2.05, 4.69) is 52.5 Å². The molecule has 0 spiro atoms. The van der Waals surface area contributed by atoms with Crippen molar-refractivity contribution in [2.45, 2.75) is 39.7 Å². The molecule has 0 atom stereocenters. The number of aromatic nitrogens is 3. The van der Waals surface area contributed by atoms with Crippen LogP contribution >= 0.6 is 0 Å². The smallest absolute Gasteiger partial charge is 0.267 e. The lowest BCUT2D eigenvalue weighted by Gasteiger charge is -2.14. The van der Waals surface area contributed by atoms with Crippen molar-refractivity contribution in [3.8, 4) is 18.1 Å². The maximum absolute atomic E-state index is 13.0. The van der Waals surface area contributed by atoms with Crippen molar-refractivity contribution in [3.63, 3.8) is 0 Å². The van der Waals surface area contributed by atoms with E-state index in [1.807, 2.05) is 43.3 Å². The van der Waals surface area contributed by atoms with Crippen LogP contribution in [0.2, 0.25) is 0 Å². The average molecular weight is 488 g/mol. The molecule has 3 rings (SSSR count). The molecule has 188 valence electrons. The molecule has 3 N–H and O–H groups in total. The lowest BCUT2D eigenvalue weighted by Crippen LogP contribution is -2.21. The summed E-state index contributed by atoms with van der Waals surface area (Å²) in [6.45, 7) is 9.47. The average Bonchev–Trinajstić information content (AvgIpc) is 3.32. The van der Waals surface area contributed by atoms with Crippen molar-refractivity contribution in [3.05, 3.63) is 71.2 Å². The van der Waals surface area contributed by atoms with E-state index in [9.17, 15) is 4.79 Å². The Morgan fingerprint density at radius 2 is 2.03 bits per heavy atom. The number of nitrogens with one attached hydrogen (secondary N) is 3. The van der Waals surface area contributed by atoms with E-state index < -0.39 is 5.91 Å². The van der Waals surface area contributed by atoms with Gasteiger partial charge < -0.3 is 20.1 Å². The zero-order valence-corrected chi connectivity index (χ0v) is 21.4. The lowest BCUT2D eigenvalue weighted by molar-refractivity contribution is -0.112. The third-order valence-electron chi connectivity index (χ3n) is 5.43. The summed E-state index contributed by atoms with van der Waals surface area (Å²) in [6.07, 6.45) is 11.1. The molecular formula is C28H33N5O3. The topological polar surface area (TPSA) is 101 Å². The van der Waals surface area contributed by atoms with Gasteiger partial charge in [0.1, 0.15) is 17.9 Å². The Hall–Kier alpha value is -4.09. The predicted molar refractivity (Wildman–Crippen MR) is 143 cm³/mol. The number of hydrogen-bond donors (Lipinski definition) is 3. The standard InChI is InChI=1S/C28H33N5O3/c1-7-9-23(21(8-2)27(34)31-26-17-25(32-33-26)28(3,4)5)30-18-19-12-13-29-24-16-20(10-11-22(19)24)36-15-14-35-6/h2,7,9-13,16-17,30H,14-15,18H2,1,3-6H3,(H2,31,32,33,34)/b9-7-,23-21-. The largest absolute Gasteiger partial charge is 0.491 e. The van der Waals surface area contributed by atoms with Crippen LogP contribution in [0.15, 0.2) is 60.0 Å². The minimum absolute atomic E-state index is 0.122. The van der Waals surface area contributed by atoms with Crippen molar-refractivity contribution in [2.75, 3.05) is 25.6 Å². The highest BCUT2D eigenvalue weighted by molar-refractivity contribution is 6.07. The van der Waals surface area contributed by atoms with Crippen LogP contribution in [0.5, 0.6) is 5.75 Å². The first kappa shape index (κ1) is 26.5. The highest BCUT2D eigenvalue weighted by Gasteiger charge is 2.19. The second kappa shape index (κ2) is 12.0. The Balaban J connectivity index is 1.80. The van der Waals surface area contributed by atoms with Crippen LogP contribution < -0.4 is 15.4 Å². The number of anilines is 1. The highest BCUT2D eigenvalue weighted by atomic mass is 16.5. The Bertz CT molecular complexity index is 1310. The van der Waals surface area contributed by atoms with Crippen LogP contribution in [0.1, 0.15) is 39.0 Å². The number of benzene rings is 1. The molecule has 8 heteroatoms. The van der Waals surface area contributed by atoms with E-state index in [0.717, 1.165) is 27.9 Å². The normalized spacial score (nSPS) is 12.3. The minimum Gasteiger partial charge on any atom is -0.491 e. The van der Waals surface area contributed by atoms with Gasteiger partial charge in [0, 0.05) is 48.5 Å². The fraction of sp³-hybridized carbons (Fsp3) is 0.321. The van der Waals surface area contributed by atoms with Gasteiger partial charge in [-0.15, -0.1) is 6.42 Å². The molecule has 0 bridgehead atoms. The molecular weight excluding hydrogens is 454 g/mol. The molecule has 8 nitrogen and oxygen atoms in total. The fourth-order valence-electron chi connectivity index (χ4n) is 3.48. The molecule has 2 heterocycles. The molecule has 0 aliphatic rings. The molecule has 0 saturated heterocycles. The van der Waals surface area contributed by atoms with Gasteiger partial charge in [-0.2, -0.15) is 5.10 Å². The van der Waals surface area contributed by atoms with Crippen molar-refractivity contribution in [1.82, 2.24) is 20.5 Å². The van der Waals surface area contributed by atoms with Crippen LogP contribution in [0, 0.1) is 12.3 Å². The summed E-state index contributed by atoms with van der Waals surface area (Å²) in [6, 6.07) is 9.52. The zero-order chi connectivity index (χ0) is 26.1. The van der Waals surface area contributed by atoms with Crippen molar-refractivity contribution in [2.24, 2.45) is 0 Å². The molecule has 0 unspecified atom stereocenters. The first-order valence-electron chi connectivity index (χ1n) is 11.7. The predicted octanol–water partition coefficient (Wildman–Crippen LogP) is 4.47. The SMILES string of the molecule is C#C/C(C(=O)Nc1cc(C(C)(C)C)[nH]n1)=C(\C=C/C)NCc1ccnc2cc(OCCOC)ccc12. The summed E-state index contributed by atoms with van der Waals surface area (Å²) in [4.78, 5) is 17.5. The lowest BCUT2D eigenvalue weighted by atomic mass is 9.92. The Morgan fingerprint density at radius 1 is 1.22 bits per heavy atom. The second-order valence-electron chi connectivity index (χ2n) is 9.15. The first-order chi connectivity index (χ1) is 17.3. The third kappa shape index (κ3) is 6.74. The number of ether oxygens (including phenoxy) is 2. The summed E-state index contributed by atoms with van der Waals surface area (Å²) in [5.74, 6) is 3.26. The number of carbonyl (C=O) groups is 1. The van der Waals surface area contributed by atoms with Crippen LogP contribution in [-0.4, -0.2) is 41.4 Å². The zero-order valence-electron chi connectivity index (χ0n) is 21.4. The number of carbonyl (C=O) groups excluding carboxylic acids is 1. The van der Waals surface area contributed by atoms with E-state index in [1.54, 1.807) is 19.4 Å². The molecule has 2 aromatic heterocycles. The van der Waals surface area contributed by atoms with Gasteiger partial charge in [-0.3, -0.25) is 14.9 Å². The molecule has 0 aliphatic heterocycles. The molecule has 0 saturated carbocycles. The van der Waals surface area contributed by atoms with E-state index in [0.29, 0.717) is 31.3 Å². The summed E-state index contributed by atoms with van der Waals surface area (Å²) in [5, 5.41) is 14.2. The highest BCUT2D eigenvalue weighted by Crippen LogP contribution is 2.24. The van der Waals surface area contributed by atoms with E-state index >= 15 is 0 Å². The number of methoxy groups -OCH3 is 1. The van der Waals surface area contributed by atoms with Gasteiger partial charge in [-0.25, -0.2) is 0 Å². The number of aromatic amines is 1. The van der Waals surface area contributed by atoms with Gasteiger partial charge in [0.2, 0.25) is 0 Å². The number of hydrogen-bond acceptors (Lipinski definition) is 6. The Labute approximate surface area is 212 Å². The van der Waals surface area contributed by atoms with Gasteiger partial charge in [0.15, 0.2) is 5.82 Å². The van der Waals surface area contributed by atoms with Crippen molar-refractivity contribution in [1.29, 1.82) is 0 Å². The number of fused-ring (bicyclic) bond motifs is 1. The van der Waals surface area contributed by atoms with Gasteiger partial charge in [0.25, 0.3) is 5.91 Å². The van der Waals surface area contributed by atoms with Crippen molar-refractivity contribution < 1.29 is 14.3 Å². The van der Waals surface area contributed by atoms with E-state index in [4.69, 9.17) is 15.9 Å². The molecule has 0 fully saturated rings. The van der Waals surface area contributed by atoms with Crippen LogP contribution in [0.25, 0.3) is 10.9 Å². The number of terminal acetylenes is 1. The number of rotatable bonds is 10. The first-order valence-corrected chi connectivity index (χ1v) is 11.7. The Kier molecular flexibility index (Phi) is 8.87. The number of pyridine rings is 1. The van der Waals surface area contributed by atoms with Gasteiger partial charge in [0.05, 0.1) is 17.8 Å². The Morgan fingerprint density at radius 3 is 2.69 bits per heavy atom. The number of amides is 1. The molecule has 0 aliphatic carbocycles. The number of nitrogens with zero attached hydrogens (tertiary/aromatic N) is 2. The fourth-order valence-corrected chi connectivity index (χ4v) is 3.48. The van der Waals surface area contributed by atoms with Crippen LogP contribution in [-0.2, 0) is 21.5 Å². The molecule has 0 radical (unpaired) electrons. The van der Waals surface area contributed by atoms with Gasteiger partial charge >= 0.3 is 0 Å². The quantitative estimate of drug-likeness (QED) is 0.169. The van der Waals surface area contributed by atoms with E-state index in [-0.39, 0.29) is 11.0 Å².